The van der Waals surface area contributed by atoms with Crippen LogP contribution in [0.3, 0.4) is 0 Å². The zero-order chi connectivity index (χ0) is 11.7. The highest BCUT2D eigenvalue weighted by Gasteiger charge is 2.32. The van der Waals surface area contributed by atoms with Gasteiger partial charge < -0.3 is 10.8 Å². The van der Waals surface area contributed by atoms with Gasteiger partial charge in [0, 0.05) is 13.0 Å². The molecular formula is C10H14N4O2. The van der Waals surface area contributed by atoms with Crippen LogP contribution >= 0.6 is 0 Å². The Labute approximate surface area is 92.8 Å². The molecule has 1 aliphatic carbocycles. The molecule has 16 heavy (non-hydrogen) atoms. The van der Waals surface area contributed by atoms with E-state index in [9.17, 15) is 4.79 Å². The van der Waals surface area contributed by atoms with Gasteiger partial charge in [-0.25, -0.2) is 4.68 Å². The molecule has 2 atom stereocenters. The van der Waals surface area contributed by atoms with E-state index in [0.717, 1.165) is 0 Å². The number of aromatic nitrogens is 3. The van der Waals surface area contributed by atoms with Gasteiger partial charge in [0.1, 0.15) is 0 Å². The molecule has 0 saturated heterocycles. The Kier molecular flexibility index (Phi) is 2.64. The summed E-state index contributed by atoms with van der Waals surface area (Å²) in [4.78, 5) is 15.2. The van der Waals surface area contributed by atoms with E-state index >= 15 is 0 Å². The maximum absolute atomic E-state index is 11.1. The summed E-state index contributed by atoms with van der Waals surface area (Å²) in [5.74, 6) is -0.594. The summed E-state index contributed by atoms with van der Waals surface area (Å²) < 4.78 is 1.46. The molecule has 0 saturated carbocycles. The Morgan fingerprint density at radius 2 is 2.25 bits per heavy atom. The van der Waals surface area contributed by atoms with Crippen molar-refractivity contribution in [3.63, 3.8) is 0 Å². The zero-order valence-corrected chi connectivity index (χ0v) is 9.00. The first-order chi connectivity index (χ1) is 7.59. The largest absolute Gasteiger partial charge is 0.481 e. The molecule has 1 aromatic rings. The third kappa shape index (κ3) is 1.78. The minimum Gasteiger partial charge on any atom is -0.481 e. The number of allylic oxidation sites excluding steroid dienone is 2. The number of carboxylic acids is 1. The van der Waals surface area contributed by atoms with Crippen LogP contribution in [0.5, 0.6) is 0 Å². The van der Waals surface area contributed by atoms with Crippen molar-refractivity contribution in [2.75, 3.05) is 5.73 Å². The second kappa shape index (κ2) is 3.96. The second-order valence-corrected chi connectivity index (χ2v) is 3.95. The van der Waals surface area contributed by atoms with Crippen molar-refractivity contribution < 1.29 is 9.90 Å². The summed E-state index contributed by atoms with van der Waals surface area (Å²) in [5.41, 5.74) is 5.59. The van der Waals surface area contributed by atoms with Crippen molar-refractivity contribution in [2.45, 2.75) is 18.8 Å². The monoisotopic (exact) mass is 222 g/mol. The molecule has 0 aromatic carbocycles. The zero-order valence-electron chi connectivity index (χ0n) is 9.00. The molecule has 0 fully saturated rings. The van der Waals surface area contributed by atoms with Crippen molar-refractivity contribution in [1.29, 1.82) is 0 Å². The maximum Gasteiger partial charge on any atom is 0.307 e. The summed E-state index contributed by atoms with van der Waals surface area (Å²) in [6.45, 7) is 0. The number of aryl methyl sites for hydroxylation is 1. The van der Waals surface area contributed by atoms with E-state index in [1.165, 1.54) is 4.68 Å². The Bertz CT molecular complexity index is 419. The molecule has 0 amide bonds. The third-order valence-electron chi connectivity index (χ3n) is 2.89. The minimum atomic E-state index is -0.805. The average Bonchev–Trinajstić information content (AvgIpc) is 2.59. The summed E-state index contributed by atoms with van der Waals surface area (Å²) in [6, 6.07) is 0. The predicted molar refractivity (Wildman–Crippen MR) is 57.7 cm³/mol. The lowest BCUT2D eigenvalue weighted by atomic mass is 9.82. The number of nitrogen functional groups attached to an aromatic ring is 1. The molecular weight excluding hydrogens is 208 g/mol. The normalized spacial score (nSPS) is 24.6. The molecule has 2 rings (SSSR count). The standard InChI is InChI=1S/C10H14N4O2/c1-14-10(11)12-8(13-14)6-4-2-3-5-7(6)9(15)16/h2-3,6-7H,4-5H2,1H3,(H,15,16)(H2,11,12,13). The predicted octanol–water partition coefficient (Wildman–Crippen LogP) is 0.532. The molecule has 2 unspecified atom stereocenters. The number of hydrogen-bond donors (Lipinski definition) is 2. The number of anilines is 1. The molecule has 0 spiro atoms. The van der Waals surface area contributed by atoms with Crippen LogP contribution in [0.2, 0.25) is 0 Å². The van der Waals surface area contributed by atoms with E-state index in [-0.39, 0.29) is 5.92 Å². The smallest absolute Gasteiger partial charge is 0.307 e. The van der Waals surface area contributed by atoms with Gasteiger partial charge in [-0.1, -0.05) is 12.2 Å². The number of carbonyl (C=O) groups is 1. The average molecular weight is 222 g/mol. The minimum absolute atomic E-state index is 0.175. The third-order valence-corrected chi connectivity index (χ3v) is 2.89. The molecule has 3 N–H and O–H groups in total. The Balaban J connectivity index is 2.30. The van der Waals surface area contributed by atoms with Gasteiger partial charge in [-0.3, -0.25) is 4.79 Å². The number of rotatable bonds is 2. The van der Waals surface area contributed by atoms with E-state index in [0.29, 0.717) is 24.6 Å². The lowest BCUT2D eigenvalue weighted by Gasteiger charge is -2.22. The molecule has 0 bridgehead atoms. The van der Waals surface area contributed by atoms with Gasteiger partial charge in [-0.05, 0) is 12.8 Å². The summed E-state index contributed by atoms with van der Waals surface area (Å²) in [5, 5.41) is 13.3. The van der Waals surface area contributed by atoms with Crippen LogP contribution in [0.25, 0.3) is 0 Å². The molecule has 0 aliphatic heterocycles. The lowest BCUT2D eigenvalue weighted by molar-refractivity contribution is -0.142. The van der Waals surface area contributed by atoms with Gasteiger partial charge in [-0.2, -0.15) is 10.1 Å². The summed E-state index contributed by atoms with van der Waals surface area (Å²) >= 11 is 0. The number of nitrogens with zero attached hydrogens (tertiary/aromatic N) is 3. The fourth-order valence-electron chi connectivity index (χ4n) is 1.95. The van der Waals surface area contributed by atoms with Crippen LogP contribution in [0.4, 0.5) is 5.95 Å². The van der Waals surface area contributed by atoms with Crippen molar-refractivity contribution >= 4 is 11.9 Å². The summed E-state index contributed by atoms with van der Waals surface area (Å²) in [7, 11) is 1.69. The summed E-state index contributed by atoms with van der Waals surface area (Å²) in [6.07, 6.45) is 5.04. The first-order valence-corrected chi connectivity index (χ1v) is 5.14. The number of hydrogen-bond acceptors (Lipinski definition) is 4. The van der Waals surface area contributed by atoms with Crippen molar-refractivity contribution in [3.05, 3.63) is 18.0 Å². The van der Waals surface area contributed by atoms with Gasteiger partial charge in [0.25, 0.3) is 0 Å². The van der Waals surface area contributed by atoms with Gasteiger partial charge >= 0.3 is 5.97 Å². The van der Waals surface area contributed by atoms with Crippen molar-refractivity contribution in [1.82, 2.24) is 14.8 Å². The molecule has 1 heterocycles. The SMILES string of the molecule is Cn1nc(C2CC=CCC2C(=O)O)nc1N. The maximum atomic E-state index is 11.1. The van der Waals surface area contributed by atoms with E-state index in [4.69, 9.17) is 10.8 Å². The lowest BCUT2D eigenvalue weighted by Crippen LogP contribution is -2.24. The molecule has 6 nitrogen and oxygen atoms in total. The molecule has 86 valence electrons. The molecule has 1 aromatic heterocycles. The first kappa shape index (κ1) is 10.7. The van der Waals surface area contributed by atoms with E-state index < -0.39 is 11.9 Å². The van der Waals surface area contributed by atoms with Crippen LogP contribution in [0.15, 0.2) is 12.2 Å². The van der Waals surface area contributed by atoms with E-state index in [1.54, 1.807) is 7.05 Å². The fraction of sp³-hybridized carbons (Fsp3) is 0.500. The Morgan fingerprint density at radius 3 is 2.81 bits per heavy atom. The highest BCUT2D eigenvalue weighted by atomic mass is 16.4. The number of carboxylic acid groups (broad SMARTS) is 1. The number of aliphatic carboxylic acids is 1. The quantitative estimate of drug-likeness (QED) is 0.712. The van der Waals surface area contributed by atoms with Gasteiger partial charge in [0.05, 0.1) is 5.92 Å². The topological polar surface area (TPSA) is 94.0 Å². The van der Waals surface area contributed by atoms with Crippen LogP contribution < -0.4 is 5.73 Å². The molecule has 0 radical (unpaired) electrons. The fourth-order valence-corrected chi connectivity index (χ4v) is 1.95. The Hall–Kier alpha value is -1.85. The Morgan fingerprint density at radius 1 is 1.56 bits per heavy atom. The van der Waals surface area contributed by atoms with Crippen LogP contribution in [0, 0.1) is 5.92 Å². The van der Waals surface area contributed by atoms with Crippen molar-refractivity contribution in [2.24, 2.45) is 13.0 Å². The highest BCUT2D eigenvalue weighted by molar-refractivity contribution is 5.71. The van der Waals surface area contributed by atoms with E-state index in [1.807, 2.05) is 12.2 Å². The van der Waals surface area contributed by atoms with Gasteiger partial charge in [0.2, 0.25) is 5.95 Å². The van der Waals surface area contributed by atoms with E-state index in [2.05, 4.69) is 10.1 Å². The van der Waals surface area contributed by atoms with Crippen molar-refractivity contribution in [3.8, 4) is 0 Å². The molecule has 6 heteroatoms. The first-order valence-electron chi connectivity index (χ1n) is 5.14. The van der Waals surface area contributed by atoms with Gasteiger partial charge in [0.15, 0.2) is 5.82 Å². The second-order valence-electron chi connectivity index (χ2n) is 3.95. The highest BCUT2D eigenvalue weighted by Crippen LogP contribution is 2.33. The molecule has 1 aliphatic rings. The van der Waals surface area contributed by atoms with Crippen LogP contribution in [-0.4, -0.2) is 25.8 Å². The number of nitrogens with two attached hydrogens (primary N) is 1. The van der Waals surface area contributed by atoms with Crippen LogP contribution in [-0.2, 0) is 11.8 Å². The van der Waals surface area contributed by atoms with Gasteiger partial charge in [-0.15, -0.1) is 0 Å². The van der Waals surface area contributed by atoms with Crippen LogP contribution in [0.1, 0.15) is 24.6 Å².